The zero-order valence-electron chi connectivity index (χ0n) is 19.3. The number of nitrogens with zero attached hydrogens (tertiary/aromatic N) is 4. The second-order valence-corrected chi connectivity index (χ2v) is 8.61. The number of pyridine rings is 2. The molecule has 4 rings (SSSR count). The second-order valence-electron chi connectivity index (χ2n) is 8.21. The number of anilines is 1. The number of allylic oxidation sites excluding steroid dienone is 1. The van der Waals surface area contributed by atoms with Crippen LogP contribution in [0, 0.1) is 0 Å². The number of halogens is 4. The van der Waals surface area contributed by atoms with Gasteiger partial charge in [-0.05, 0) is 42.0 Å². The van der Waals surface area contributed by atoms with Gasteiger partial charge in [-0.1, -0.05) is 29.8 Å². The molecule has 1 aliphatic rings. The fraction of sp³-hybridized carbons (Fsp3) is 0.269. The molecule has 36 heavy (non-hydrogen) atoms. The van der Waals surface area contributed by atoms with Crippen LogP contribution in [0.25, 0.3) is 6.08 Å². The summed E-state index contributed by atoms with van der Waals surface area (Å²) in [5.74, 6) is 1.01. The molecule has 0 unspecified atom stereocenters. The maximum atomic E-state index is 12.8. The lowest BCUT2D eigenvalue weighted by atomic mass is 10.1. The fourth-order valence-corrected chi connectivity index (χ4v) is 4.04. The number of ketones is 1. The highest BCUT2D eigenvalue weighted by molar-refractivity contribution is 6.33. The first-order valence-electron chi connectivity index (χ1n) is 11.3. The molecular weight excluding hydrogens is 493 g/mol. The lowest BCUT2D eigenvalue weighted by Gasteiger charge is -2.35. The molecule has 3 heterocycles. The molecule has 1 aliphatic heterocycles. The highest BCUT2D eigenvalue weighted by Gasteiger charge is 2.32. The van der Waals surface area contributed by atoms with Crippen LogP contribution in [-0.2, 0) is 6.18 Å². The molecule has 188 valence electrons. The highest BCUT2D eigenvalue weighted by Crippen LogP contribution is 2.33. The first-order valence-corrected chi connectivity index (χ1v) is 11.7. The summed E-state index contributed by atoms with van der Waals surface area (Å²) in [5.41, 5.74) is 0.617. The van der Waals surface area contributed by atoms with Gasteiger partial charge in [0, 0.05) is 56.9 Å². The number of benzene rings is 1. The van der Waals surface area contributed by atoms with Crippen LogP contribution in [0.15, 0.2) is 67.1 Å². The Kier molecular flexibility index (Phi) is 8.22. The smallest absolute Gasteiger partial charge is 0.417 e. The molecule has 6 nitrogen and oxygen atoms in total. The summed E-state index contributed by atoms with van der Waals surface area (Å²) in [7, 11) is 0. The van der Waals surface area contributed by atoms with Crippen LogP contribution >= 0.6 is 11.6 Å². The summed E-state index contributed by atoms with van der Waals surface area (Å²) in [6.07, 6.45) is 2.80. The molecule has 0 N–H and O–H groups in total. The third kappa shape index (κ3) is 6.83. The quantitative estimate of drug-likeness (QED) is 0.301. The van der Waals surface area contributed by atoms with E-state index in [0.717, 1.165) is 36.7 Å². The number of ether oxygens (including phenoxy) is 1. The van der Waals surface area contributed by atoms with Gasteiger partial charge in [-0.3, -0.25) is 14.7 Å². The molecule has 2 aromatic heterocycles. The second kappa shape index (κ2) is 11.5. The van der Waals surface area contributed by atoms with Crippen molar-refractivity contribution in [1.82, 2.24) is 14.9 Å². The van der Waals surface area contributed by atoms with E-state index in [9.17, 15) is 18.0 Å². The third-order valence-corrected chi connectivity index (χ3v) is 6.05. The predicted octanol–water partition coefficient (Wildman–Crippen LogP) is 5.25. The van der Waals surface area contributed by atoms with E-state index in [-0.39, 0.29) is 10.8 Å². The Morgan fingerprint density at radius 2 is 1.75 bits per heavy atom. The highest BCUT2D eigenvalue weighted by atomic mass is 35.5. The molecular formula is C26H24ClF3N4O2. The normalized spacial score (nSPS) is 14.8. The van der Waals surface area contributed by atoms with Crippen LogP contribution in [0.3, 0.4) is 0 Å². The molecule has 1 saturated heterocycles. The molecule has 0 aliphatic carbocycles. The van der Waals surface area contributed by atoms with E-state index in [0.29, 0.717) is 37.6 Å². The van der Waals surface area contributed by atoms with Crippen molar-refractivity contribution in [2.45, 2.75) is 6.18 Å². The Balaban J connectivity index is 1.20. The van der Waals surface area contributed by atoms with E-state index in [4.69, 9.17) is 16.3 Å². The number of carbonyl (C=O) groups is 1. The molecule has 0 amide bonds. The maximum absolute atomic E-state index is 12.8. The monoisotopic (exact) mass is 516 g/mol. The molecule has 10 heteroatoms. The van der Waals surface area contributed by atoms with Crippen molar-refractivity contribution < 1.29 is 22.7 Å². The zero-order chi connectivity index (χ0) is 25.5. The average molecular weight is 517 g/mol. The number of alkyl halides is 3. The van der Waals surface area contributed by atoms with Gasteiger partial charge in [0.2, 0.25) is 0 Å². The third-order valence-electron chi connectivity index (χ3n) is 5.77. The van der Waals surface area contributed by atoms with Crippen LogP contribution in [0.5, 0.6) is 5.75 Å². The lowest BCUT2D eigenvalue weighted by molar-refractivity contribution is -0.137. The summed E-state index contributed by atoms with van der Waals surface area (Å²) in [4.78, 5) is 24.1. The maximum Gasteiger partial charge on any atom is 0.417 e. The number of rotatable bonds is 8. The first-order chi connectivity index (χ1) is 17.3. The zero-order valence-corrected chi connectivity index (χ0v) is 20.0. The van der Waals surface area contributed by atoms with Gasteiger partial charge in [-0.25, -0.2) is 4.98 Å². The minimum atomic E-state index is -4.47. The van der Waals surface area contributed by atoms with E-state index < -0.39 is 11.7 Å². The Morgan fingerprint density at radius 1 is 1.06 bits per heavy atom. The van der Waals surface area contributed by atoms with Gasteiger partial charge in [0.05, 0.1) is 10.6 Å². The topological polar surface area (TPSA) is 58.6 Å². The van der Waals surface area contributed by atoms with Crippen LogP contribution in [-0.4, -0.2) is 60.0 Å². The number of carbonyl (C=O) groups excluding carboxylic acids is 1. The summed E-state index contributed by atoms with van der Waals surface area (Å²) in [6.45, 7) is 3.86. The van der Waals surface area contributed by atoms with E-state index in [1.54, 1.807) is 30.6 Å². The predicted molar refractivity (Wildman–Crippen MR) is 132 cm³/mol. The van der Waals surface area contributed by atoms with Gasteiger partial charge in [-0.2, -0.15) is 13.2 Å². The van der Waals surface area contributed by atoms with Crippen LogP contribution in [0.4, 0.5) is 19.0 Å². The van der Waals surface area contributed by atoms with E-state index in [1.807, 2.05) is 29.2 Å². The van der Waals surface area contributed by atoms with Crippen molar-refractivity contribution in [2.75, 3.05) is 44.2 Å². The largest absolute Gasteiger partial charge is 0.492 e. The number of piperazine rings is 1. The van der Waals surface area contributed by atoms with Gasteiger partial charge in [-0.15, -0.1) is 0 Å². The standard InChI is InChI=1S/C26H24ClF3N4O2/c27-23-17-21(26(28,29)30)18-32-25(23)34-13-11-33(12-14-34)15-16-36-22-4-1-19(2-5-22)3-6-24(35)20-7-9-31-10-8-20/h1-10,17-18H,11-16H2/b6-3-. The molecule has 0 atom stereocenters. The molecule has 1 aromatic carbocycles. The minimum absolute atomic E-state index is 0.00151. The molecule has 0 radical (unpaired) electrons. The van der Waals surface area contributed by atoms with Gasteiger partial charge < -0.3 is 9.64 Å². The number of hydrogen-bond acceptors (Lipinski definition) is 6. The Bertz CT molecular complexity index is 1200. The average Bonchev–Trinajstić information content (AvgIpc) is 2.88. The van der Waals surface area contributed by atoms with Crippen molar-refractivity contribution in [2.24, 2.45) is 0 Å². The van der Waals surface area contributed by atoms with Crippen molar-refractivity contribution in [3.8, 4) is 5.75 Å². The van der Waals surface area contributed by atoms with Crippen LogP contribution in [0.1, 0.15) is 21.5 Å². The summed E-state index contributed by atoms with van der Waals surface area (Å²) < 4.78 is 44.3. The summed E-state index contributed by atoms with van der Waals surface area (Å²) in [6, 6.07) is 11.7. The molecule has 0 bridgehead atoms. The van der Waals surface area contributed by atoms with Crippen molar-refractivity contribution in [3.05, 3.63) is 88.8 Å². The SMILES string of the molecule is O=C(/C=C\c1ccc(OCCN2CCN(c3ncc(C(F)(F)F)cc3Cl)CC2)cc1)c1ccncc1. The number of hydrogen-bond donors (Lipinski definition) is 0. The van der Waals surface area contributed by atoms with Gasteiger partial charge in [0.15, 0.2) is 5.78 Å². The van der Waals surface area contributed by atoms with Gasteiger partial charge in [0.1, 0.15) is 18.2 Å². The van der Waals surface area contributed by atoms with Crippen molar-refractivity contribution >= 4 is 29.3 Å². The minimum Gasteiger partial charge on any atom is -0.492 e. The fourth-order valence-electron chi connectivity index (χ4n) is 3.75. The molecule has 0 spiro atoms. The molecule has 1 fully saturated rings. The van der Waals surface area contributed by atoms with E-state index in [2.05, 4.69) is 14.9 Å². The van der Waals surface area contributed by atoms with E-state index >= 15 is 0 Å². The Morgan fingerprint density at radius 3 is 2.39 bits per heavy atom. The Labute approximate surface area is 212 Å². The van der Waals surface area contributed by atoms with Crippen LogP contribution < -0.4 is 9.64 Å². The van der Waals surface area contributed by atoms with Crippen molar-refractivity contribution in [1.29, 1.82) is 0 Å². The molecule has 0 saturated carbocycles. The Hall–Kier alpha value is -3.43. The lowest BCUT2D eigenvalue weighted by Crippen LogP contribution is -2.47. The number of aromatic nitrogens is 2. The van der Waals surface area contributed by atoms with Gasteiger partial charge in [0.25, 0.3) is 0 Å². The summed E-state index contributed by atoms with van der Waals surface area (Å²) in [5, 5.41) is 0.00151. The first kappa shape index (κ1) is 25.7. The van der Waals surface area contributed by atoms with Crippen LogP contribution in [0.2, 0.25) is 5.02 Å². The van der Waals surface area contributed by atoms with E-state index in [1.165, 1.54) is 6.08 Å². The molecule has 3 aromatic rings. The van der Waals surface area contributed by atoms with Gasteiger partial charge >= 0.3 is 6.18 Å². The van der Waals surface area contributed by atoms with Crippen molar-refractivity contribution in [3.63, 3.8) is 0 Å². The summed E-state index contributed by atoms with van der Waals surface area (Å²) >= 11 is 6.07.